The van der Waals surface area contributed by atoms with Crippen LogP contribution in [0.3, 0.4) is 0 Å². The predicted molar refractivity (Wildman–Crippen MR) is 70.2 cm³/mol. The van der Waals surface area contributed by atoms with Crippen molar-refractivity contribution < 1.29 is 28.8 Å². The first-order chi connectivity index (χ1) is 9.62. The molecule has 0 bridgehead atoms. The summed E-state index contributed by atoms with van der Waals surface area (Å²) in [5.41, 5.74) is 0.501. The molecule has 0 fully saturated rings. The van der Waals surface area contributed by atoms with Gasteiger partial charge in [-0.05, 0) is 19.1 Å². The highest BCUT2D eigenvalue weighted by Crippen LogP contribution is 2.48. The number of hydrogen-bond donors (Lipinski definition) is 1. The number of methoxy groups -OCH3 is 2. The van der Waals surface area contributed by atoms with Crippen molar-refractivity contribution in [3.8, 4) is 17.2 Å². The fourth-order valence-electron chi connectivity index (χ4n) is 2.24. The standard InChI is InChI=1S/C14H18O6/c1-4-19-11(15)7-10-13(16)12-8(17-2)5-6-9(18-3)14(12)20-10/h5-6,10,13,16H,4,7H2,1-3H3/t10-,13-/m0/s1. The van der Waals surface area contributed by atoms with Crippen molar-refractivity contribution in [2.75, 3.05) is 20.8 Å². The third kappa shape index (κ3) is 2.51. The molecular weight excluding hydrogens is 264 g/mol. The number of ether oxygens (including phenoxy) is 4. The molecule has 1 aliphatic heterocycles. The summed E-state index contributed by atoms with van der Waals surface area (Å²) in [6.07, 6.45) is -1.69. The zero-order chi connectivity index (χ0) is 14.7. The van der Waals surface area contributed by atoms with E-state index in [1.165, 1.54) is 14.2 Å². The van der Waals surface area contributed by atoms with E-state index in [0.717, 1.165) is 0 Å². The van der Waals surface area contributed by atoms with E-state index in [9.17, 15) is 9.90 Å². The normalized spacial score (nSPS) is 20.0. The zero-order valence-corrected chi connectivity index (χ0v) is 11.7. The minimum Gasteiger partial charge on any atom is -0.496 e. The molecule has 6 heteroatoms. The highest BCUT2D eigenvalue weighted by Gasteiger charge is 2.39. The van der Waals surface area contributed by atoms with Gasteiger partial charge in [0, 0.05) is 0 Å². The molecule has 20 heavy (non-hydrogen) atoms. The van der Waals surface area contributed by atoms with Crippen molar-refractivity contribution in [2.24, 2.45) is 0 Å². The number of esters is 1. The van der Waals surface area contributed by atoms with E-state index in [1.54, 1.807) is 19.1 Å². The number of rotatable bonds is 5. The smallest absolute Gasteiger partial charge is 0.309 e. The van der Waals surface area contributed by atoms with Crippen LogP contribution in [0.5, 0.6) is 17.2 Å². The van der Waals surface area contributed by atoms with Crippen LogP contribution in [0.4, 0.5) is 0 Å². The molecule has 2 atom stereocenters. The third-order valence-corrected chi connectivity index (χ3v) is 3.15. The molecule has 0 spiro atoms. The van der Waals surface area contributed by atoms with E-state index in [1.807, 2.05) is 0 Å². The Bertz CT molecular complexity index is 499. The summed E-state index contributed by atoms with van der Waals surface area (Å²) in [7, 11) is 3.02. The van der Waals surface area contributed by atoms with Crippen molar-refractivity contribution in [3.05, 3.63) is 17.7 Å². The van der Waals surface area contributed by atoms with Crippen LogP contribution < -0.4 is 14.2 Å². The van der Waals surface area contributed by atoms with Gasteiger partial charge in [0.2, 0.25) is 0 Å². The number of aliphatic hydroxyl groups excluding tert-OH is 1. The minimum atomic E-state index is -0.959. The van der Waals surface area contributed by atoms with E-state index in [-0.39, 0.29) is 6.42 Å². The Balaban J connectivity index is 2.27. The first-order valence-corrected chi connectivity index (χ1v) is 6.37. The van der Waals surface area contributed by atoms with Crippen molar-refractivity contribution in [2.45, 2.75) is 25.6 Å². The van der Waals surface area contributed by atoms with Crippen molar-refractivity contribution in [3.63, 3.8) is 0 Å². The molecule has 0 aliphatic carbocycles. The van der Waals surface area contributed by atoms with Crippen LogP contribution in [0.25, 0.3) is 0 Å². The average Bonchev–Trinajstić information content (AvgIpc) is 2.76. The molecule has 1 N–H and O–H groups in total. The van der Waals surface area contributed by atoms with Gasteiger partial charge in [-0.2, -0.15) is 0 Å². The maximum atomic E-state index is 11.5. The molecule has 1 aromatic carbocycles. The van der Waals surface area contributed by atoms with Gasteiger partial charge in [0.15, 0.2) is 11.5 Å². The molecule has 0 saturated carbocycles. The molecule has 2 rings (SSSR count). The predicted octanol–water partition coefficient (Wildman–Crippen LogP) is 1.45. The molecule has 1 aliphatic rings. The Kier molecular flexibility index (Phi) is 4.34. The fraction of sp³-hybridized carbons (Fsp3) is 0.500. The number of fused-ring (bicyclic) bond motifs is 1. The summed E-state index contributed by atoms with van der Waals surface area (Å²) in [6, 6.07) is 3.38. The van der Waals surface area contributed by atoms with Crippen LogP contribution >= 0.6 is 0 Å². The van der Waals surface area contributed by atoms with Gasteiger partial charge in [-0.3, -0.25) is 4.79 Å². The van der Waals surface area contributed by atoms with Gasteiger partial charge in [-0.25, -0.2) is 0 Å². The second-order valence-electron chi connectivity index (χ2n) is 4.32. The zero-order valence-electron chi connectivity index (χ0n) is 11.7. The molecule has 0 saturated heterocycles. The second-order valence-corrected chi connectivity index (χ2v) is 4.32. The number of hydrogen-bond acceptors (Lipinski definition) is 6. The molecule has 0 amide bonds. The molecule has 1 aromatic rings. The molecule has 0 radical (unpaired) electrons. The van der Waals surface area contributed by atoms with Gasteiger partial charge in [-0.15, -0.1) is 0 Å². The summed E-state index contributed by atoms with van der Waals surface area (Å²) >= 11 is 0. The number of benzene rings is 1. The van der Waals surface area contributed by atoms with E-state index in [4.69, 9.17) is 18.9 Å². The van der Waals surface area contributed by atoms with Crippen LogP contribution in [0.15, 0.2) is 12.1 Å². The summed E-state index contributed by atoms with van der Waals surface area (Å²) in [4.78, 5) is 11.5. The van der Waals surface area contributed by atoms with Gasteiger partial charge >= 0.3 is 5.97 Å². The highest BCUT2D eigenvalue weighted by molar-refractivity contribution is 5.71. The maximum absolute atomic E-state index is 11.5. The fourth-order valence-corrected chi connectivity index (χ4v) is 2.24. The quantitative estimate of drug-likeness (QED) is 0.824. The number of aliphatic hydroxyl groups is 1. The Morgan fingerprint density at radius 3 is 2.55 bits per heavy atom. The Labute approximate surface area is 117 Å². The molecule has 1 heterocycles. The maximum Gasteiger partial charge on any atom is 0.309 e. The van der Waals surface area contributed by atoms with Crippen molar-refractivity contribution in [1.29, 1.82) is 0 Å². The average molecular weight is 282 g/mol. The summed E-state index contributed by atoms with van der Waals surface area (Å²) in [5.74, 6) is 0.988. The molecule has 0 unspecified atom stereocenters. The molecular formula is C14H18O6. The SMILES string of the molecule is CCOC(=O)C[C@@H]1Oc2c(OC)ccc(OC)c2[C@H]1O. The first-order valence-electron chi connectivity index (χ1n) is 6.37. The minimum absolute atomic E-state index is 0.0318. The lowest BCUT2D eigenvalue weighted by Crippen LogP contribution is -2.23. The van der Waals surface area contributed by atoms with Gasteiger partial charge in [-0.1, -0.05) is 0 Å². The van der Waals surface area contributed by atoms with E-state index >= 15 is 0 Å². The number of carbonyl (C=O) groups is 1. The van der Waals surface area contributed by atoms with Gasteiger partial charge in [0.1, 0.15) is 18.0 Å². The summed E-state index contributed by atoms with van der Waals surface area (Å²) in [5, 5.41) is 10.3. The van der Waals surface area contributed by atoms with Crippen molar-refractivity contribution >= 4 is 5.97 Å². The van der Waals surface area contributed by atoms with Crippen LogP contribution in [0.2, 0.25) is 0 Å². The van der Waals surface area contributed by atoms with E-state index in [2.05, 4.69) is 0 Å². The Hall–Kier alpha value is -1.95. The molecule has 0 aromatic heterocycles. The summed E-state index contributed by atoms with van der Waals surface area (Å²) < 4.78 is 20.9. The van der Waals surface area contributed by atoms with Gasteiger partial charge < -0.3 is 24.1 Å². The first kappa shape index (κ1) is 14.5. The lowest BCUT2D eigenvalue weighted by atomic mass is 10.0. The summed E-state index contributed by atoms with van der Waals surface area (Å²) in [6.45, 7) is 2.02. The number of carbonyl (C=O) groups excluding carboxylic acids is 1. The van der Waals surface area contributed by atoms with Crippen molar-refractivity contribution in [1.82, 2.24) is 0 Å². The van der Waals surface area contributed by atoms with Crippen LogP contribution in [-0.4, -0.2) is 38.0 Å². The van der Waals surface area contributed by atoms with Gasteiger partial charge in [0.05, 0.1) is 32.8 Å². The van der Waals surface area contributed by atoms with Crippen LogP contribution in [0, 0.1) is 0 Å². The largest absolute Gasteiger partial charge is 0.496 e. The second kappa shape index (κ2) is 6.00. The lowest BCUT2D eigenvalue weighted by Gasteiger charge is -2.13. The monoisotopic (exact) mass is 282 g/mol. The van der Waals surface area contributed by atoms with Gasteiger partial charge in [0.25, 0.3) is 0 Å². The van der Waals surface area contributed by atoms with Crippen LogP contribution in [-0.2, 0) is 9.53 Å². The highest BCUT2D eigenvalue weighted by atomic mass is 16.6. The topological polar surface area (TPSA) is 74.2 Å². The Morgan fingerprint density at radius 1 is 1.30 bits per heavy atom. The van der Waals surface area contributed by atoms with E-state index in [0.29, 0.717) is 29.4 Å². The molecule has 110 valence electrons. The Morgan fingerprint density at radius 2 is 1.95 bits per heavy atom. The molecule has 6 nitrogen and oxygen atoms in total. The lowest BCUT2D eigenvalue weighted by molar-refractivity contribution is -0.146. The third-order valence-electron chi connectivity index (χ3n) is 3.15. The van der Waals surface area contributed by atoms with Crippen LogP contribution in [0.1, 0.15) is 25.0 Å². The van der Waals surface area contributed by atoms with E-state index < -0.39 is 18.2 Å².